The minimum absolute atomic E-state index is 0.0135. The van der Waals surface area contributed by atoms with Crippen molar-refractivity contribution in [2.75, 3.05) is 67.1 Å². The van der Waals surface area contributed by atoms with Crippen LogP contribution in [-0.4, -0.2) is 154 Å². The maximum atomic E-state index is 15.1. The van der Waals surface area contributed by atoms with E-state index in [1.807, 2.05) is 32.7 Å². The molecule has 5 aromatic rings. The van der Waals surface area contributed by atoms with Crippen molar-refractivity contribution < 1.29 is 38.8 Å². The summed E-state index contributed by atoms with van der Waals surface area (Å²) in [7, 11) is 0. The van der Waals surface area contributed by atoms with Gasteiger partial charge >= 0.3 is 11.9 Å². The minimum atomic E-state index is -1.15. The third kappa shape index (κ3) is 11.7. The van der Waals surface area contributed by atoms with Gasteiger partial charge in [0.2, 0.25) is 23.3 Å². The quantitative estimate of drug-likeness (QED) is 0.105. The highest BCUT2D eigenvalue weighted by Gasteiger charge is 2.45. The van der Waals surface area contributed by atoms with Gasteiger partial charge in [-0.05, 0) is 160 Å². The number of carboxylic acid groups (broad SMARTS) is 2. The van der Waals surface area contributed by atoms with Crippen molar-refractivity contribution in [1.82, 2.24) is 45.0 Å². The molecule has 23 nitrogen and oxygen atoms in total. The Morgan fingerprint density at radius 3 is 2.26 bits per heavy atom. The Morgan fingerprint density at radius 2 is 1.55 bits per heavy atom. The van der Waals surface area contributed by atoms with E-state index in [9.17, 15) is 30.0 Å². The van der Waals surface area contributed by atoms with Crippen molar-refractivity contribution in [2.24, 2.45) is 22.4 Å². The molecule has 0 bridgehead atoms. The van der Waals surface area contributed by atoms with E-state index in [1.165, 1.54) is 23.9 Å². The number of pyridine rings is 1. The molecule has 1 atom stereocenters. The fourth-order valence-electron chi connectivity index (χ4n) is 14.7. The van der Waals surface area contributed by atoms with Gasteiger partial charge in [0.15, 0.2) is 29.2 Å². The summed E-state index contributed by atoms with van der Waals surface area (Å²) < 4.78 is 10.5. The number of aromatic nitrogens is 7. The number of carboxylic acids is 2. The van der Waals surface area contributed by atoms with E-state index in [0.717, 1.165) is 148 Å². The summed E-state index contributed by atoms with van der Waals surface area (Å²) >= 11 is 0. The number of aromatic carboxylic acids is 2. The second-order valence-corrected chi connectivity index (χ2v) is 24.8. The largest absolute Gasteiger partial charge is 0.476 e. The summed E-state index contributed by atoms with van der Waals surface area (Å²) in [5.74, 6) is 6.07. The van der Waals surface area contributed by atoms with Gasteiger partial charge in [-0.3, -0.25) is 14.3 Å². The number of piperidine rings is 1. The van der Waals surface area contributed by atoms with Gasteiger partial charge < -0.3 is 39.4 Å². The van der Waals surface area contributed by atoms with E-state index in [0.29, 0.717) is 74.8 Å². The second kappa shape index (κ2) is 24.4. The predicted octanol–water partition coefficient (Wildman–Crippen LogP) is 6.98. The standard InChI is InChI=1S/C65H68N16O7/c1-41(82)76-25-18-56-51(39-76)61(73-80(56)38-42-6-10-50(11-7-42)88-29-3-5-47-9-12-53(63(84)85)70-69-47)79-37-44(31-46-33-48(35-67)68-36-58(46)79)32-60(83)77-26-19-57-52(40-77)62(78-24-2-4-45-30-43(34-66)8-14-55(45)78)74-81(57)49-16-20-65(21-17-49)22-27-75(28-23-65)59-15-13-54(64(86)87)71-72-59/h8-9,12-15,30,33,36,38,42,44,49-50H,2,4,6-7,10-11,16-29,31-32,37,39-40H2,1H3,(H-,84,85,86,87)/p+1/b80-38-. The van der Waals surface area contributed by atoms with Crippen LogP contribution in [0.5, 0.6) is 0 Å². The number of aryl methyl sites for hydroxylation is 1. The SMILES string of the molecule is CC(=O)N1CCC2=C(C1)C(N1CC(CC(=O)N3CCc4c(c(N5CCCc6cc(C#N)ccc65)nn4C4CCC5(CC4)CCN(c4ccc(C(=O)O)nn4)CC5)C3)Cc3cc(C#N)ncc31)=N/[N+]2=C\C1CCC(OCC#Cc2ccc(C(=O)O)nn2)CC1. The summed E-state index contributed by atoms with van der Waals surface area (Å²) in [5, 5.41) is 65.1. The molecule has 10 heterocycles. The number of amidine groups is 1. The topological polar surface area (TPSA) is 279 Å². The molecule has 13 rings (SSSR count). The first-order valence-electron chi connectivity index (χ1n) is 30.8. The zero-order valence-corrected chi connectivity index (χ0v) is 49.4. The highest BCUT2D eigenvalue weighted by Crippen LogP contribution is 2.50. The monoisotopic (exact) mass is 1190 g/mol. The number of amides is 2. The maximum Gasteiger partial charge on any atom is 0.356 e. The van der Waals surface area contributed by atoms with E-state index >= 15 is 4.79 Å². The zero-order valence-electron chi connectivity index (χ0n) is 49.4. The van der Waals surface area contributed by atoms with Gasteiger partial charge in [-0.15, -0.1) is 20.4 Å². The van der Waals surface area contributed by atoms with Crippen molar-refractivity contribution in [3.8, 4) is 24.0 Å². The van der Waals surface area contributed by atoms with Crippen LogP contribution < -0.4 is 14.7 Å². The van der Waals surface area contributed by atoms with Gasteiger partial charge in [0.1, 0.15) is 24.1 Å². The summed E-state index contributed by atoms with van der Waals surface area (Å²) in [4.78, 5) is 65.9. The lowest BCUT2D eigenvalue weighted by molar-refractivity contribution is -0.479. The fourth-order valence-corrected chi connectivity index (χ4v) is 14.7. The Balaban J connectivity index is 0.724. The van der Waals surface area contributed by atoms with Crippen LogP contribution in [-0.2, 0) is 40.1 Å². The van der Waals surface area contributed by atoms with Gasteiger partial charge in [0.25, 0.3) is 0 Å². The molecule has 1 spiro atoms. The summed E-state index contributed by atoms with van der Waals surface area (Å²) in [5.41, 5.74) is 9.52. The Morgan fingerprint density at radius 1 is 0.773 bits per heavy atom. The number of anilines is 4. The van der Waals surface area contributed by atoms with Crippen molar-refractivity contribution >= 4 is 58.8 Å². The van der Waals surface area contributed by atoms with Crippen LogP contribution in [0.3, 0.4) is 0 Å². The number of hydrazone groups is 1. The number of hydrogen-bond acceptors (Lipinski definition) is 17. The van der Waals surface area contributed by atoms with E-state index in [-0.39, 0.29) is 65.6 Å². The molecule has 1 aromatic carbocycles. The van der Waals surface area contributed by atoms with Crippen LogP contribution in [0, 0.1) is 51.8 Å². The highest BCUT2D eigenvalue weighted by molar-refractivity contribution is 6.12. The number of carbonyl (C=O) groups is 4. The Kier molecular flexibility index (Phi) is 16.0. The summed E-state index contributed by atoms with van der Waals surface area (Å²) in [6.07, 6.45) is 17.5. The average Bonchev–Trinajstić information content (AvgIpc) is 3.88. The van der Waals surface area contributed by atoms with Gasteiger partial charge in [-0.25, -0.2) is 14.6 Å². The molecule has 8 aliphatic rings. The van der Waals surface area contributed by atoms with Crippen molar-refractivity contribution in [1.29, 1.82) is 10.5 Å². The number of benzene rings is 1. The average molecular weight is 1190 g/mol. The molecule has 2 amide bonds. The molecule has 450 valence electrons. The molecule has 2 saturated carbocycles. The number of ether oxygens (including phenoxy) is 1. The number of fused-ring (bicyclic) bond motifs is 3. The van der Waals surface area contributed by atoms with Crippen molar-refractivity contribution in [3.05, 3.63) is 117 Å². The van der Waals surface area contributed by atoms with Gasteiger partial charge in [-0.2, -0.15) is 15.6 Å². The number of hydrogen-bond donors (Lipinski definition) is 2. The van der Waals surface area contributed by atoms with E-state index in [4.69, 9.17) is 20.0 Å². The van der Waals surface area contributed by atoms with Crippen LogP contribution in [0.25, 0.3) is 0 Å². The predicted molar refractivity (Wildman–Crippen MR) is 322 cm³/mol. The van der Waals surface area contributed by atoms with Gasteiger partial charge in [0.05, 0.1) is 60.7 Å². The number of rotatable bonds is 10. The summed E-state index contributed by atoms with van der Waals surface area (Å²) in [6.45, 7) is 6.66. The Hall–Kier alpha value is -9.40. The molecule has 1 saturated heterocycles. The normalized spacial score (nSPS) is 21.9. The number of nitrogens with zero attached hydrogens (tertiary/aromatic N) is 16. The van der Waals surface area contributed by atoms with Crippen LogP contribution in [0.4, 0.5) is 23.0 Å². The molecule has 3 fully saturated rings. The van der Waals surface area contributed by atoms with E-state index < -0.39 is 11.9 Å². The molecule has 2 aliphatic carbocycles. The zero-order chi connectivity index (χ0) is 60.6. The van der Waals surface area contributed by atoms with Gasteiger partial charge in [-0.1, -0.05) is 10.6 Å². The fraction of sp³-hybridized carbons (Fsp3) is 0.477. The second-order valence-electron chi connectivity index (χ2n) is 24.8. The summed E-state index contributed by atoms with van der Waals surface area (Å²) in [6, 6.07) is 18.7. The molecule has 4 aromatic heterocycles. The smallest absolute Gasteiger partial charge is 0.356 e. The first-order valence-corrected chi connectivity index (χ1v) is 30.8. The highest BCUT2D eigenvalue weighted by atomic mass is 16.5. The molecule has 2 N–H and O–H groups in total. The molecular formula is C65H69N16O7+. The number of nitriles is 2. The molecule has 23 heteroatoms. The first kappa shape index (κ1) is 57.7. The van der Waals surface area contributed by atoms with E-state index in [1.54, 1.807) is 19.2 Å². The molecule has 1 unspecified atom stereocenters. The lowest BCUT2D eigenvalue weighted by Crippen LogP contribution is -2.45. The lowest BCUT2D eigenvalue weighted by atomic mass is 9.67. The molecule has 0 radical (unpaired) electrons. The molecular weight excluding hydrogens is 1120 g/mol. The lowest BCUT2D eigenvalue weighted by Gasteiger charge is -2.46. The third-order valence-corrected chi connectivity index (χ3v) is 19.5. The van der Waals surface area contributed by atoms with E-state index in [2.05, 4.69) is 81.0 Å². The number of carbonyl (C=O) groups excluding carboxylic acids is 2. The maximum absolute atomic E-state index is 15.1. The molecule has 6 aliphatic heterocycles. The van der Waals surface area contributed by atoms with Crippen LogP contribution in [0.15, 0.2) is 71.1 Å². The molecule has 88 heavy (non-hydrogen) atoms. The first-order chi connectivity index (χ1) is 42.8. The van der Waals surface area contributed by atoms with Crippen molar-refractivity contribution in [2.45, 2.75) is 128 Å². The van der Waals surface area contributed by atoms with Crippen LogP contribution in [0.1, 0.15) is 157 Å². The van der Waals surface area contributed by atoms with Crippen molar-refractivity contribution in [3.63, 3.8) is 0 Å². The Bertz CT molecular complexity index is 3840. The Labute approximate surface area is 509 Å². The van der Waals surface area contributed by atoms with Crippen LogP contribution in [0.2, 0.25) is 0 Å². The minimum Gasteiger partial charge on any atom is -0.476 e. The third-order valence-electron chi connectivity index (χ3n) is 19.5. The van der Waals surface area contributed by atoms with Gasteiger partial charge in [0, 0.05) is 87.0 Å². The van der Waals surface area contributed by atoms with Crippen LogP contribution >= 0.6 is 0 Å².